The Morgan fingerprint density at radius 2 is 1.60 bits per heavy atom. The number of nitrogens with zero attached hydrogens (tertiary/aromatic N) is 1. The molecule has 0 aliphatic rings. The van der Waals surface area contributed by atoms with Crippen molar-refractivity contribution in [3.8, 4) is 0 Å². The van der Waals surface area contributed by atoms with E-state index >= 15 is 0 Å². The zero-order valence-electron chi connectivity index (χ0n) is 17.7. The van der Waals surface area contributed by atoms with Gasteiger partial charge in [-0.25, -0.2) is 0 Å². The molecular weight excluding hydrogens is 370 g/mol. The summed E-state index contributed by atoms with van der Waals surface area (Å²) in [6, 6.07) is 17.0. The van der Waals surface area contributed by atoms with Gasteiger partial charge in [-0.15, -0.1) is 0 Å². The van der Waals surface area contributed by atoms with E-state index in [1.165, 1.54) is 5.56 Å². The molecule has 0 aliphatic heterocycles. The number of aromatic nitrogens is 1. The minimum Gasteiger partial charge on any atom is -0.455 e. The minimum absolute atomic E-state index is 0.172. The third-order valence-electron chi connectivity index (χ3n) is 5.79. The Balaban J connectivity index is 1.91. The maximum absolute atomic E-state index is 6.52. The monoisotopic (exact) mass is 393 g/mol. The zero-order valence-corrected chi connectivity index (χ0v) is 17.7. The summed E-state index contributed by atoms with van der Waals surface area (Å²) in [5.74, 6) is 0. The lowest BCUT2D eigenvalue weighted by Gasteiger charge is -2.17. The van der Waals surface area contributed by atoms with Crippen molar-refractivity contribution in [3.63, 3.8) is 0 Å². The van der Waals surface area contributed by atoms with E-state index in [9.17, 15) is 0 Å². The second-order valence-corrected chi connectivity index (χ2v) is 9.62. The molecule has 0 saturated heterocycles. The highest BCUT2D eigenvalue weighted by Gasteiger charge is 2.21. The second kappa shape index (κ2) is 5.85. The molecule has 3 nitrogen and oxygen atoms in total. The van der Waals surface area contributed by atoms with Crippen LogP contribution in [0.15, 0.2) is 63.6 Å². The van der Waals surface area contributed by atoms with Crippen molar-refractivity contribution >= 4 is 54.8 Å². The van der Waals surface area contributed by atoms with Crippen LogP contribution in [0.4, 0.5) is 0 Å². The number of furan rings is 1. The number of hydrogen-bond acceptors (Lipinski definition) is 3. The minimum atomic E-state index is 0.172. The number of rotatable bonds is 1. The van der Waals surface area contributed by atoms with Crippen molar-refractivity contribution in [3.05, 3.63) is 65.9 Å². The molecule has 0 unspecified atom stereocenters. The molecule has 6 aromatic rings. The molecule has 0 radical (unpaired) electrons. The van der Waals surface area contributed by atoms with Crippen LogP contribution in [0.5, 0.6) is 0 Å². The zero-order chi connectivity index (χ0) is 20.6. The van der Waals surface area contributed by atoms with Gasteiger partial charge in [0, 0.05) is 22.4 Å². The van der Waals surface area contributed by atoms with E-state index in [4.69, 9.17) is 13.8 Å². The van der Waals surface area contributed by atoms with Crippen LogP contribution >= 0.6 is 0 Å². The lowest BCUT2D eigenvalue weighted by Crippen LogP contribution is -2.08. The Kier molecular flexibility index (Phi) is 3.42. The first-order chi connectivity index (χ1) is 14.4. The van der Waals surface area contributed by atoms with Gasteiger partial charge in [0.05, 0.1) is 5.39 Å². The van der Waals surface area contributed by atoms with E-state index in [0.717, 1.165) is 66.8 Å². The molecule has 30 heavy (non-hydrogen) atoms. The number of fused-ring (bicyclic) bond motifs is 4. The number of aryl methyl sites for hydroxylation is 1. The van der Waals surface area contributed by atoms with Gasteiger partial charge in [0.15, 0.2) is 5.58 Å². The summed E-state index contributed by atoms with van der Waals surface area (Å²) in [6.45, 7) is 8.81. The Morgan fingerprint density at radius 1 is 0.833 bits per heavy atom. The molecular formula is C27H23NO2. The van der Waals surface area contributed by atoms with Crippen LogP contribution in [-0.4, -0.2) is 4.98 Å². The summed E-state index contributed by atoms with van der Waals surface area (Å²) in [5, 5.41) is 5.46. The van der Waals surface area contributed by atoms with Crippen molar-refractivity contribution < 1.29 is 8.83 Å². The van der Waals surface area contributed by atoms with E-state index in [1.807, 2.05) is 13.1 Å². The third-order valence-corrected chi connectivity index (χ3v) is 5.79. The Labute approximate surface area is 174 Å². The molecule has 0 saturated carbocycles. The van der Waals surface area contributed by atoms with E-state index in [2.05, 4.69) is 69.3 Å². The Bertz CT molecular complexity index is 1610. The standard InChI is InChI=1S/C27H23NO2/c1-15-9-22-25(28-14-15)19-12-17-7-5-6-8-18(17)26-23(19)24-20(29-22)10-16(11-21(24)30-26)13-27(2,3)4/h5-12,14H,13H2,1-4H3. The summed E-state index contributed by atoms with van der Waals surface area (Å²) < 4.78 is 13.0. The first-order valence-corrected chi connectivity index (χ1v) is 10.4. The van der Waals surface area contributed by atoms with Gasteiger partial charge >= 0.3 is 0 Å². The molecule has 0 spiro atoms. The number of benzene rings is 3. The molecule has 6 rings (SSSR count). The average molecular weight is 393 g/mol. The summed E-state index contributed by atoms with van der Waals surface area (Å²) in [4.78, 5) is 4.78. The number of pyridine rings is 1. The fourth-order valence-electron chi connectivity index (χ4n) is 4.67. The summed E-state index contributed by atoms with van der Waals surface area (Å²) >= 11 is 0. The summed E-state index contributed by atoms with van der Waals surface area (Å²) in [6.07, 6.45) is 2.85. The predicted octanol–water partition coefficient (Wildman–Crippen LogP) is 7.93. The molecule has 0 bridgehead atoms. The highest BCUT2D eigenvalue weighted by atomic mass is 16.3. The molecule has 3 aromatic heterocycles. The predicted molar refractivity (Wildman–Crippen MR) is 124 cm³/mol. The van der Waals surface area contributed by atoms with Crippen LogP contribution in [0.2, 0.25) is 0 Å². The van der Waals surface area contributed by atoms with Gasteiger partial charge in [-0.05, 0) is 59.5 Å². The normalized spacial score (nSPS) is 12.8. The first-order valence-electron chi connectivity index (χ1n) is 10.4. The second-order valence-electron chi connectivity index (χ2n) is 9.62. The van der Waals surface area contributed by atoms with Gasteiger partial charge in [0.25, 0.3) is 0 Å². The van der Waals surface area contributed by atoms with Gasteiger partial charge in [0.2, 0.25) is 0 Å². The van der Waals surface area contributed by atoms with Crippen molar-refractivity contribution in [2.75, 3.05) is 0 Å². The molecule has 0 aliphatic carbocycles. The van der Waals surface area contributed by atoms with Crippen molar-refractivity contribution in [1.82, 2.24) is 4.98 Å². The largest absolute Gasteiger partial charge is 0.455 e. The molecule has 3 heteroatoms. The van der Waals surface area contributed by atoms with Gasteiger partial charge in [-0.3, -0.25) is 4.98 Å². The van der Waals surface area contributed by atoms with E-state index in [1.54, 1.807) is 0 Å². The van der Waals surface area contributed by atoms with Gasteiger partial charge in [-0.2, -0.15) is 0 Å². The van der Waals surface area contributed by atoms with E-state index in [0.29, 0.717) is 0 Å². The fraction of sp³-hybridized carbons (Fsp3) is 0.222. The average Bonchev–Trinajstić information content (AvgIpc) is 3.00. The summed E-state index contributed by atoms with van der Waals surface area (Å²) in [7, 11) is 0. The number of hydrogen-bond donors (Lipinski definition) is 0. The lowest BCUT2D eigenvalue weighted by molar-refractivity contribution is 0.411. The van der Waals surface area contributed by atoms with E-state index in [-0.39, 0.29) is 5.41 Å². The Hall–Kier alpha value is -3.33. The van der Waals surface area contributed by atoms with Crippen LogP contribution in [0.25, 0.3) is 54.8 Å². The maximum atomic E-state index is 6.52. The van der Waals surface area contributed by atoms with Gasteiger partial charge in [-0.1, -0.05) is 45.0 Å². The van der Waals surface area contributed by atoms with Crippen molar-refractivity contribution in [2.24, 2.45) is 5.41 Å². The topological polar surface area (TPSA) is 39.2 Å². The van der Waals surface area contributed by atoms with Gasteiger partial charge in [0.1, 0.15) is 22.3 Å². The van der Waals surface area contributed by atoms with Gasteiger partial charge < -0.3 is 8.83 Å². The van der Waals surface area contributed by atoms with Crippen LogP contribution < -0.4 is 0 Å². The Morgan fingerprint density at radius 3 is 2.40 bits per heavy atom. The van der Waals surface area contributed by atoms with Crippen LogP contribution in [0, 0.1) is 12.3 Å². The van der Waals surface area contributed by atoms with Crippen LogP contribution in [0.3, 0.4) is 0 Å². The quantitative estimate of drug-likeness (QED) is 0.285. The highest BCUT2D eigenvalue weighted by Crippen LogP contribution is 2.43. The lowest BCUT2D eigenvalue weighted by atomic mass is 9.88. The molecule has 148 valence electrons. The molecule has 0 amide bonds. The molecule has 3 aromatic carbocycles. The smallest absolute Gasteiger partial charge is 0.154 e. The molecule has 0 fully saturated rings. The van der Waals surface area contributed by atoms with Crippen molar-refractivity contribution in [2.45, 2.75) is 34.1 Å². The van der Waals surface area contributed by atoms with Crippen LogP contribution in [0.1, 0.15) is 31.9 Å². The SMILES string of the molecule is Cc1cnc2c(c1)oc1cc(CC(C)(C)C)cc3oc4c5ccccc5cc2c4c13. The summed E-state index contributed by atoms with van der Waals surface area (Å²) in [5.41, 5.74) is 6.79. The first kappa shape index (κ1) is 17.5. The van der Waals surface area contributed by atoms with Crippen LogP contribution in [-0.2, 0) is 6.42 Å². The maximum Gasteiger partial charge on any atom is 0.154 e. The van der Waals surface area contributed by atoms with E-state index < -0.39 is 0 Å². The third kappa shape index (κ3) is 2.55. The molecule has 0 N–H and O–H groups in total. The highest BCUT2D eigenvalue weighted by molar-refractivity contribution is 6.29. The fourth-order valence-corrected chi connectivity index (χ4v) is 4.67. The van der Waals surface area contributed by atoms with Crippen molar-refractivity contribution in [1.29, 1.82) is 0 Å². The molecule has 3 heterocycles. The molecule has 0 atom stereocenters.